The summed E-state index contributed by atoms with van der Waals surface area (Å²) in [5, 5.41) is 0. The van der Waals surface area contributed by atoms with Gasteiger partial charge < -0.3 is 9.64 Å². The largest absolute Gasteiger partial charge is 0.379 e. The summed E-state index contributed by atoms with van der Waals surface area (Å²) < 4.78 is 6.09. The first kappa shape index (κ1) is 37.5. The van der Waals surface area contributed by atoms with E-state index in [1.165, 1.54) is 193 Å². The fraction of sp³-hybridized carbons (Fsp3) is 0.973. The predicted molar refractivity (Wildman–Crippen MR) is 180 cm³/mol. The van der Waals surface area contributed by atoms with E-state index in [2.05, 4.69) is 23.7 Å². The standard InChI is InChI=1S/C37H74N2O/c1-3-4-5-6-7-8-9-10-11-12-15-18-21-24-27-30-35-40-37(2)31-28-25-22-19-16-13-14-17-20-23-26-29-33-39-34-32-38-36-39/h36-37H,3-35H2,1-2H3. The molecule has 40 heavy (non-hydrogen) atoms. The van der Waals surface area contributed by atoms with Gasteiger partial charge in [0.25, 0.3) is 0 Å². The van der Waals surface area contributed by atoms with Crippen molar-refractivity contribution in [1.82, 2.24) is 4.90 Å². The minimum atomic E-state index is 0.458. The molecule has 1 aliphatic heterocycles. The summed E-state index contributed by atoms with van der Waals surface area (Å²) in [5.74, 6) is 0. The quantitative estimate of drug-likeness (QED) is 0.0743. The molecule has 0 saturated heterocycles. The van der Waals surface area contributed by atoms with E-state index in [0.717, 1.165) is 19.7 Å². The van der Waals surface area contributed by atoms with Gasteiger partial charge in [-0.05, 0) is 26.2 Å². The van der Waals surface area contributed by atoms with Crippen LogP contribution in [0.4, 0.5) is 0 Å². The van der Waals surface area contributed by atoms with Crippen molar-refractivity contribution in [1.29, 1.82) is 0 Å². The van der Waals surface area contributed by atoms with Crippen LogP contribution < -0.4 is 0 Å². The van der Waals surface area contributed by atoms with Gasteiger partial charge in [0.15, 0.2) is 0 Å². The van der Waals surface area contributed by atoms with Crippen molar-refractivity contribution in [2.75, 3.05) is 26.2 Å². The molecule has 1 aliphatic rings. The first-order valence-corrected chi connectivity index (χ1v) is 18.7. The lowest BCUT2D eigenvalue weighted by atomic mass is 10.0. The molecule has 0 fully saturated rings. The molecule has 0 amide bonds. The number of ether oxygens (including phenoxy) is 1. The molecule has 0 bridgehead atoms. The second kappa shape index (κ2) is 31.4. The summed E-state index contributed by atoms with van der Waals surface area (Å²) in [7, 11) is 0. The second-order valence-corrected chi connectivity index (χ2v) is 13.1. The topological polar surface area (TPSA) is 24.8 Å². The highest BCUT2D eigenvalue weighted by atomic mass is 16.5. The summed E-state index contributed by atoms with van der Waals surface area (Å²) in [4.78, 5) is 6.66. The molecule has 0 spiro atoms. The molecule has 1 rings (SSSR count). The highest BCUT2D eigenvalue weighted by molar-refractivity contribution is 5.56. The molecule has 3 nitrogen and oxygen atoms in total. The number of nitrogens with zero attached hydrogens (tertiary/aromatic N) is 2. The van der Waals surface area contributed by atoms with E-state index in [4.69, 9.17) is 4.74 Å². The summed E-state index contributed by atoms with van der Waals surface area (Å²) in [5.41, 5.74) is 0. The van der Waals surface area contributed by atoms with Crippen molar-refractivity contribution in [2.24, 2.45) is 4.99 Å². The Morgan fingerprint density at radius 2 is 0.950 bits per heavy atom. The van der Waals surface area contributed by atoms with Crippen molar-refractivity contribution < 1.29 is 4.74 Å². The maximum absolute atomic E-state index is 6.09. The SMILES string of the molecule is CCCCCCCCCCCCCCCCCCOC(C)CCCCCCCCCCCCCCN1C=NCC1. The molecular formula is C37H74N2O. The van der Waals surface area contributed by atoms with E-state index in [1.54, 1.807) is 0 Å². The maximum atomic E-state index is 6.09. The van der Waals surface area contributed by atoms with E-state index < -0.39 is 0 Å². The second-order valence-electron chi connectivity index (χ2n) is 13.1. The summed E-state index contributed by atoms with van der Waals surface area (Å²) in [6.45, 7) is 8.94. The van der Waals surface area contributed by atoms with E-state index in [9.17, 15) is 0 Å². The molecule has 0 aliphatic carbocycles. The molecule has 1 atom stereocenters. The molecule has 0 radical (unpaired) electrons. The number of rotatable bonds is 33. The van der Waals surface area contributed by atoms with E-state index in [-0.39, 0.29) is 0 Å². The molecule has 238 valence electrons. The predicted octanol–water partition coefficient (Wildman–Crippen LogP) is 12.1. The van der Waals surface area contributed by atoms with Gasteiger partial charge in [0, 0.05) is 19.7 Å². The van der Waals surface area contributed by atoms with Crippen LogP contribution in [0.5, 0.6) is 0 Å². The van der Waals surface area contributed by atoms with E-state index in [0.29, 0.717) is 6.10 Å². The fourth-order valence-electron chi connectivity index (χ4n) is 6.12. The van der Waals surface area contributed by atoms with Crippen molar-refractivity contribution in [3.8, 4) is 0 Å². The zero-order valence-corrected chi connectivity index (χ0v) is 27.8. The molecule has 0 aromatic heterocycles. The number of hydrogen-bond donors (Lipinski definition) is 0. The zero-order chi connectivity index (χ0) is 28.6. The lowest BCUT2D eigenvalue weighted by Crippen LogP contribution is -2.20. The highest BCUT2D eigenvalue weighted by Crippen LogP contribution is 2.16. The average Bonchev–Trinajstić information content (AvgIpc) is 3.48. The van der Waals surface area contributed by atoms with E-state index >= 15 is 0 Å². The van der Waals surface area contributed by atoms with Gasteiger partial charge in [0.2, 0.25) is 0 Å². The van der Waals surface area contributed by atoms with Gasteiger partial charge in [-0.2, -0.15) is 0 Å². The van der Waals surface area contributed by atoms with Gasteiger partial charge in [-0.15, -0.1) is 0 Å². The van der Waals surface area contributed by atoms with Crippen LogP contribution in [0.1, 0.15) is 200 Å². The van der Waals surface area contributed by atoms with Crippen molar-refractivity contribution >= 4 is 6.34 Å². The van der Waals surface area contributed by atoms with Crippen LogP contribution in [0.3, 0.4) is 0 Å². The third kappa shape index (κ3) is 27.6. The third-order valence-electron chi connectivity index (χ3n) is 8.97. The first-order valence-electron chi connectivity index (χ1n) is 18.7. The number of unbranched alkanes of at least 4 members (excludes halogenated alkanes) is 26. The van der Waals surface area contributed by atoms with Crippen LogP contribution in [0.2, 0.25) is 0 Å². The van der Waals surface area contributed by atoms with Crippen molar-refractivity contribution in [3.63, 3.8) is 0 Å². The van der Waals surface area contributed by atoms with E-state index in [1.807, 2.05) is 6.34 Å². The van der Waals surface area contributed by atoms with Crippen LogP contribution >= 0.6 is 0 Å². The third-order valence-corrected chi connectivity index (χ3v) is 8.97. The molecule has 0 saturated carbocycles. The Morgan fingerprint density at radius 1 is 0.550 bits per heavy atom. The van der Waals surface area contributed by atoms with Gasteiger partial charge in [0.1, 0.15) is 0 Å². The molecule has 0 N–H and O–H groups in total. The Bertz CT molecular complexity index is 508. The lowest BCUT2D eigenvalue weighted by Gasteiger charge is -2.13. The molecule has 1 heterocycles. The monoisotopic (exact) mass is 563 g/mol. The van der Waals surface area contributed by atoms with Crippen LogP contribution in [0.25, 0.3) is 0 Å². The van der Waals surface area contributed by atoms with Crippen molar-refractivity contribution in [2.45, 2.75) is 206 Å². The Balaban J connectivity index is 1.66. The van der Waals surface area contributed by atoms with Gasteiger partial charge in [0.05, 0.1) is 19.0 Å². The van der Waals surface area contributed by atoms with Gasteiger partial charge in [-0.3, -0.25) is 4.99 Å². The van der Waals surface area contributed by atoms with Gasteiger partial charge in [-0.1, -0.05) is 174 Å². The molecule has 1 unspecified atom stereocenters. The minimum absolute atomic E-state index is 0.458. The van der Waals surface area contributed by atoms with Crippen LogP contribution in [-0.4, -0.2) is 43.6 Å². The van der Waals surface area contributed by atoms with Crippen molar-refractivity contribution in [3.05, 3.63) is 0 Å². The van der Waals surface area contributed by atoms with Crippen LogP contribution in [-0.2, 0) is 4.74 Å². The first-order chi connectivity index (χ1) is 19.8. The minimum Gasteiger partial charge on any atom is -0.379 e. The maximum Gasteiger partial charge on any atom is 0.0851 e. The zero-order valence-electron chi connectivity index (χ0n) is 27.8. The van der Waals surface area contributed by atoms with Crippen LogP contribution in [0, 0.1) is 0 Å². The Kier molecular flexibility index (Phi) is 29.4. The number of aliphatic imine (C=N–C) groups is 1. The lowest BCUT2D eigenvalue weighted by molar-refractivity contribution is 0.0557. The molecule has 0 aromatic rings. The normalized spacial score (nSPS) is 14.0. The Morgan fingerprint density at radius 3 is 1.38 bits per heavy atom. The fourth-order valence-corrected chi connectivity index (χ4v) is 6.12. The summed E-state index contributed by atoms with van der Waals surface area (Å²) in [6.07, 6.45) is 43.7. The molecule has 0 aromatic carbocycles. The average molecular weight is 563 g/mol. The highest BCUT2D eigenvalue weighted by Gasteiger charge is 2.04. The Labute approximate surface area is 253 Å². The number of hydrogen-bond acceptors (Lipinski definition) is 3. The Hall–Kier alpha value is -0.570. The van der Waals surface area contributed by atoms with Gasteiger partial charge >= 0.3 is 0 Å². The van der Waals surface area contributed by atoms with Gasteiger partial charge in [-0.25, -0.2) is 0 Å². The smallest absolute Gasteiger partial charge is 0.0851 e. The molecule has 3 heteroatoms. The summed E-state index contributed by atoms with van der Waals surface area (Å²) >= 11 is 0. The van der Waals surface area contributed by atoms with Crippen LogP contribution in [0.15, 0.2) is 4.99 Å². The molecular weight excluding hydrogens is 488 g/mol. The summed E-state index contributed by atoms with van der Waals surface area (Å²) in [6, 6.07) is 0.